The number of hydrogen-bond acceptors (Lipinski definition) is 4. The average Bonchev–Trinajstić information content (AvgIpc) is 2.99. The van der Waals surface area contributed by atoms with Crippen LogP contribution in [0, 0.1) is 0 Å². The van der Waals surface area contributed by atoms with Gasteiger partial charge in [-0.2, -0.15) is 0 Å². The zero-order valence-electron chi connectivity index (χ0n) is 14.5. The van der Waals surface area contributed by atoms with Crippen molar-refractivity contribution in [1.29, 1.82) is 0 Å². The maximum absolute atomic E-state index is 12.0. The number of aryl methyl sites for hydroxylation is 1. The molecule has 0 saturated heterocycles. The van der Waals surface area contributed by atoms with Gasteiger partial charge in [-0.25, -0.2) is 9.78 Å². The third kappa shape index (κ3) is 5.99. The number of carbonyl (C=O) groups excluding carboxylic acids is 2. The lowest BCUT2D eigenvalue weighted by molar-refractivity contribution is -0.119. The van der Waals surface area contributed by atoms with Crippen LogP contribution in [0.25, 0.3) is 0 Å². The maximum atomic E-state index is 12.0. The third-order valence-corrected chi connectivity index (χ3v) is 3.43. The van der Waals surface area contributed by atoms with E-state index in [1.54, 1.807) is 35.4 Å². The molecule has 0 unspecified atom stereocenters. The number of aromatic nitrogens is 2. The fraction of sp³-hybridized carbons (Fsp3) is 0.421. The van der Waals surface area contributed by atoms with Crippen molar-refractivity contribution in [3.8, 4) is 0 Å². The van der Waals surface area contributed by atoms with Gasteiger partial charge in [0.05, 0.1) is 18.4 Å². The van der Waals surface area contributed by atoms with E-state index in [9.17, 15) is 9.59 Å². The van der Waals surface area contributed by atoms with Gasteiger partial charge >= 0.3 is 5.97 Å². The topological polar surface area (TPSA) is 61.2 Å². The van der Waals surface area contributed by atoms with Crippen LogP contribution in [0.4, 0.5) is 0 Å². The molecule has 5 nitrogen and oxygen atoms in total. The van der Waals surface area contributed by atoms with E-state index in [0.29, 0.717) is 18.5 Å². The maximum Gasteiger partial charge on any atom is 0.338 e. The number of imidazole rings is 1. The molecule has 2 rings (SSSR count). The Balaban J connectivity index is 1.77. The Morgan fingerprint density at radius 3 is 2.46 bits per heavy atom. The Kier molecular flexibility index (Phi) is 5.90. The van der Waals surface area contributed by atoms with Crippen molar-refractivity contribution in [3.63, 3.8) is 0 Å². The number of carbonyl (C=O) groups is 2. The van der Waals surface area contributed by atoms with Gasteiger partial charge in [0.1, 0.15) is 5.60 Å². The highest BCUT2D eigenvalue weighted by molar-refractivity contribution is 5.89. The van der Waals surface area contributed by atoms with Gasteiger partial charge in [-0.1, -0.05) is 12.1 Å². The molecular formula is C19H24N2O3. The van der Waals surface area contributed by atoms with Gasteiger partial charge in [-0.05, 0) is 51.3 Å². The molecule has 128 valence electrons. The molecule has 0 N–H and O–H groups in total. The minimum absolute atomic E-state index is 0.193. The summed E-state index contributed by atoms with van der Waals surface area (Å²) in [6, 6.07) is 7.38. The lowest BCUT2D eigenvalue weighted by Crippen LogP contribution is -2.23. The predicted molar refractivity (Wildman–Crippen MR) is 91.8 cm³/mol. The van der Waals surface area contributed by atoms with Crippen LogP contribution in [0.2, 0.25) is 0 Å². The van der Waals surface area contributed by atoms with Crippen LogP contribution in [0.1, 0.15) is 49.5 Å². The molecule has 1 heterocycles. The summed E-state index contributed by atoms with van der Waals surface area (Å²) in [5, 5.41) is 0. The molecule has 0 aliphatic rings. The van der Waals surface area contributed by atoms with Gasteiger partial charge in [-0.3, -0.25) is 4.79 Å². The molecule has 0 spiro atoms. The summed E-state index contributed by atoms with van der Waals surface area (Å²) in [5.74, 6) is -0.122. The molecule has 0 amide bonds. The second kappa shape index (κ2) is 7.90. The molecule has 0 bridgehead atoms. The Labute approximate surface area is 142 Å². The van der Waals surface area contributed by atoms with Crippen LogP contribution in [-0.4, -0.2) is 26.9 Å². The van der Waals surface area contributed by atoms with Crippen molar-refractivity contribution in [3.05, 3.63) is 54.1 Å². The van der Waals surface area contributed by atoms with E-state index in [1.807, 2.05) is 32.9 Å². The first-order chi connectivity index (χ1) is 11.3. The predicted octanol–water partition coefficient (Wildman–Crippen LogP) is 3.43. The Morgan fingerprint density at radius 2 is 1.88 bits per heavy atom. The number of ketones is 1. The van der Waals surface area contributed by atoms with Crippen molar-refractivity contribution in [2.75, 3.05) is 0 Å². The summed E-state index contributed by atoms with van der Waals surface area (Å²) in [7, 11) is 0. The summed E-state index contributed by atoms with van der Waals surface area (Å²) < 4.78 is 7.11. The number of rotatable bonds is 7. The number of Topliss-reactive ketones (excluding diaryl/α,β-unsaturated/α-hetero) is 1. The monoisotopic (exact) mass is 328 g/mol. The van der Waals surface area contributed by atoms with Crippen molar-refractivity contribution < 1.29 is 14.3 Å². The molecule has 0 aliphatic carbocycles. The first-order valence-electron chi connectivity index (χ1n) is 8.13. The van der Waals surface area contributed by atoms with E-state index in [0.717, 1.165) is 18.4 Å². The van der Waals surface area contributed by atoms with Gasteiger partial charge in [0, 0.05) is 18.8 Å². The van der Waals surface area contributed by atoms with Crippen molar-refractivity contribution in [2.24, 2.45) is 0 Å². The van der Waals surface area contributed by atoms with Crippen LogP contribution in [-0.2, 0) is 22.5 Å². The fourth-order valence-corrected chi connectivity index (χ4v) is 2.30. The van der Waals surface area contributed by atoms with Crippen LogP contribution >= 0.6 is 0 Å². The van der Waals surface area contributed by atoms with Crippen LogP contribution in [0.5, 0.6) is 0 Å². The minimum atomic E-state index is -0.495. The van der Waals surface area contributed by atoms with E-state index in [1.165, 1.54) is 0 Å². The first kappa shape index (κ1) is 17.9. The van der Waals surface area contributed by atoms with Gasteiger partial charge in [0.2, 0.25) is 0 Å². The van der Waals surface area contributed by atoms with Gasteiger partial charge < -0.3 is 9.30 Å². The average molecular weight is 328 g/mol. The molecule has 0 fully saturated rings. The van der Waals surface area contributed by atoms with E-state index >= 15 is 0 Å². The minimum Gasteiger partial charge on any atom is -0.456 e. The molecule has 5 heteroatoms. The zero-order valence-corrected chi connectivity index (χ0v) is 14.5. The van der Waals surface area contributed by atoms with Crippen molar-refractivity contribution >= 4 is 11.8 Å². The normalized spacial score (nSPS) is 11.3. The van der Waals surface area contributed by atoms with Crippen LogP contribution in [0.15, 0.2) is 43.0 Å². The molecule has 0 aliphatic heterocycles. The summed E-state index contributed by atoms with van der Waals surface area (Å²) in [6.45, 7) is 5.91. The van der Waals surface area contributed by atoms with Crippen molar-refractivity contribution in [2.45, 2.75) is 52.2 Å². The quantitative estimate of drug-likeness (QED) is 0.731. The summed E-state index contributed by atoms with van der Waals surface area (Å²) in [4.78, 5) is 27.7. The van der Waals surface area contributed by atoms with Crippen LogP contribution in [0.3, 0.4) is 0 Å². The van der Waals surface area contributed by atoms with Gasteiger partial charge in [0.25, 0.3) is 0 Å². The largest absolute Gasteiger partial charge is 0.456 e. The van der Waals surface area contributed by atoms with Crippen molar-refractivity contribution in [1.82, 2.24) is 9.55 Å². The molecule has 1 aromatic heterocycles. The smallest absolute Gasteiger partial charge is 0.338 e. The van der Waals surface area contributed by atoms with E-state index in [2.05, 4.69) is 4.98 Å². The number of ether oxygens (including phenoxy) is 1. The Bertz CT molecular complexity index is 668. The first-order valence-corrected chi connectivity index (χ1v) is 8.13. The van der Waals surface area contributed by atoms with E-state index in [4.69, 9.17) is 4.74 Å². The molecular weight excluding hydrogens is 304 g/mol. The zero-order chi connectivity index (χ0) is 17.6. The highest BCUT2D eigenvalue weighted by atomic mass is 16.6. The second-order valence-electron chi connectivity index (χ2n) is 6.83. The summed E-state index contributed by atoms with van der Waals surface area (Å²) in [6.07, 6.45) is 7.23. The SMILES string of the molecule is CC(C)(C)OC(=O)c1ccc(CCCC(=O)Cn2ccnc2)cc1. The Morgan fingerprint density at radius 1 is 1.17 bits per heavy atom. The Hall–Kier alpha value is -2.43. The molecule has 24 heavy (non-hydrogen) atoms. The molecule has 0 saturated carbocycles. The standard InChI is InChI=1S/C19H24N2O3/c1-19(2,3)24-18(23)16-9-7-15(8-10-16)5-4-6-17(22)13-21-12-11-20-14-21/h7-12,14H,4-6,13H2,1-3H3. The molecule has 1 aromatic carbocycles. The third-order valence-electron chi connectivity index (χ3n) is 3.43. The van der Waals surface area contributed by atoms with Gasteiger partial charge in [0.15, 0.2) is 5.78 Å². The summed E-state index contributed by atoms with van der Waals surface area (Å²) in [5.41, 5.74) is 1.16. The second-order valence-corrected chi connectivity index (χ2v) is 6.83. The number of benzene rings is 1. The molecule has 2 aromatic rings. The lowest BCUT2D eigenvalue weighted by atomic mass is 10.0. The molecule has 0 radical (unpaired) electrons. The van der Waals surface area contributed by atoms with E-state index < -0.39 is 5.60 Å². The fourth-order valence-electron chi connectivity index (χ4n) is 2.30. The number of hydrogen-bond donors (Lipinski definition) is 0. The highest BCUT2D eigenvalue weighted by Crippen LogP contribution is 2.14. The van der Waals surface area contributed by atoms with Crippen LogP contribution < -0.4 is 0 Å². The molecule has 0 atom stereocenters. The number of nitrogens with zero attached hydrogens (tertiary/aromatic N) is 2. The van der Waals surface area contributed by atoms with Gasteiger partial charge in [-0.15, -0.1) is 0 Å². The number of esters is 1. The lowest BCUT2D eigenvalue weighted by Gasteiger charge is -2.19. The summed E-state index contributed by atoms with van der Waals surface area (Å²) >= 11 is 0. The highest BCUT2D eigenvalue weighted by Gasteiger charge is 2.17. The van der Waals surface area contributed by atoms with E-state index in [-0.39, 0.29) is 11.8 Å².